The van der Waals surface area contributed by atoms with E-state index >= 15 is 0 Å². The van der Waals surface area contributed by atoms with Gasteiger partial charge in [-0.1, -0.05) is 13.8 Å². The van der Waals surface area contributed by atoms with Crippen molar-refractivity contribution in [1.29, 1.82) is 0 Å². The zero-order valence-corrected chi connectivity index (χ0v) is 9.60. The van der Waals surface area contributed by atoms with E-state index in [0.717, 1.165) is 24.2 Å². The lowest BCUT2D eigenvalue weighted by Gasteiger charge is -2.16. The van der Waals surface area contributed by atoms with Crippen LogP contribution in [0.1, 0.15) is 32.3 Å². The maximum absolute atomic E-state index is 5.72. The summed E-state index contributed by atoms with van der Waals surface area (Å²) in [6.07, 6.45) is 3.90. The van der Waals surface area contributed by atoms with Gasteiger partial charge in [0.15, 0.2) is 0 Å². The fourth-order valence-electron chi connectivity index (χ4n) is 1.25. The van der Waals surface area contributed by atoms with Crippen molar-refractivity contribution in [2.75, 3.05) is 5.32 Å². The average molecular weight is 214 g/mol. The number of rotatable bonds is 4. The number of halogens is 1. The molecule has 0 spiro atoms. The number of aromatic nitrogens is 2. The van der Waals surface area contributed by atoms with Crippen LogP contribution in [0.5, 0.6) is 0 Å². The third-order valence-electron chi connectivity index (χ3n) is 2.27. The molecule has 1 aromatic rings. The first kappa shape index (κ1) is 11.2. The quantitative estimate of drug-likeness (QED) is 0.782. The first-order valence-electron chi connectivity index (χ1n) is 4.93. The van der Waals surface area contributed by atoms with Crippen molar-refractivity contribution in [3.05, 3.63) is 17.0 Å². The lowest BCUT2D eigenvalue weighted by Crippen LogP contribution is -2.18. The highest BCUT2D eigenvalue weighted by atomic mass is 35.5. The largest absolute Gasteiger partial charge is 0.367 e. The second-order valence-electron chi connectivity index (χ2n) is 3.33. The smallest absolute Gasteiger partial charge is 0.224 e. The number of aryl methyl sites for hydroxylation is 1. The van der Waals surface area contributed by atoms with Gasteiger partial charge in [0.05, 0.1) is 0 Å². The second kappa shape index (κ2) is 5.15. The molecule has 0 aliphatic rings. The molecule has 0 saturated heterocycles. The molecule has 1 heterocycles. The monoisotopic (exact) mass is 213 g/mol. The molecule has 0 atom stereocenters. The molecule has 0 aromatic carbocycles. The minimum atomic E-state index is 0.295. The summed E-state index contributed by atoms with van der Waals surface area (Å²) in [5.41, 5.74) is 1.03. The van der Waals surface area contributed by atoms with Crippen LogP contribution in [0.25, 0.3) is 0 Å². The Morgan fingerprint density at radius 2 is 2.07 bits per heavy atom. The molecule has 0 radical (unpaired) electrons. The van der Waals surface area contributed by atoms with Crippen LogP contribution in [0.2, 0.25) is 5.28 Å². The van der Waals surface area contributed by atoms with E-state index in [1.165, 1.54) is 0 Å². The van der Waals surface area contributed by atoms with Crippen LogP contribution in [-0.4, -0.2) is 16.0 Å². The minimum Gasteiger partial charge on any atom is -0.367 e. The Balaban J connectivity index is 2.79. The average Bonchev–Trinajstić information content (AvgIpc) is 2.19. The summed E-state index contributed by atoms with van der Waals surface area (Å²) in [6, 6.07) is 0.458. The zero-order valence-electron chi connectivity index (χ0n) is 8.84. The van der Waals surface area contributed by atoms with E-state index in [9.17, 15) is 0 Å². The Morgan fingerprint density at radius 1 is 1.43 bits per heavy atom. The summed E-state index contributed by atoms with van der Waals surface area (Å²) in [5, 5.41) is 3.65. The van der Waals surface area contributed by atoms with E-state index in [-0.39, 0.29) is 0 Å². The van der Waals surface area contributed by atoms with E-state index in [0.29, 0.717) is 11.3 Å². The lowest BCUT2D eigenvalue weighted by molar-refractivity contribution is 0.667. The van der Waals surface area contributed by atoms with Crippen LogP contribution >= 0.6 is 11.6 Å². The van der Waals surface area contributed by atoms with Crippen molar-refractivity contribution >= 4 is 17.4 Å². The molecule has 3 nitrogen and oxygen atoms in total. The van der Waals surface area contributed by atoms with Gasteiger partial charge in [0.25, 0.3) is 0 Å². The fraction of sp³-hybridized carbons (Fsp3) is 0.600. The SMILES string of the molecule is CCC(CC)Nc1nc(Cl)ncc1C. The lowest BCUT2D eigenvalue weighted by atomic mass is 10.1. The Bertz CT molecular complexity index is 297. The summed E-state index contributed by atoms with van der Waals surface area (Å²) < 4.78 is 0. The number of nitrogens with zero attached hydrogens (tertiary/aromatic N) is 2. The second-order valence-corrected chi connectivity index (χ2v) is 3.67. The molecular formula is C10H16ClN3. The molecule has 0 saturated carbocycles. The van der Waals surface area contributed by atoms with Crippen LogP contribution in [0.4, 0.5) is 5.82 Å². The molecule has 1 rings (SSSR count). The molecule has 0 aliphatic carbocycles. The molecule has 0 amide bonds. The van der Waals surface area contributed by atoms with Crippen LogP contribution in [-0.2, 0) is 0 Å². The third kappa shape index (κ3) is 2.84. The Morgan fingerprint density at radius 3 is 2.64 bits per heavy atom. The van der Waals surface area contributed by atoms with Gasteiger partial charge in [-0.2, -0.15) is 0 Å². The molecule has 1 aromatic heterocycles. The number of nitrogens with one attached hydrogen (secondary N) is 1. The Labute approximate surface area is 89.9 Å². The maximum Gasteiger partial charge on any atom is 0.224 e. The first-order valence-corrected chi connectivity index (χ1v) is 5.30. The summed E-state index contributed by atoms with van der Waals surface area (Å²) in [7, 11) is 0. The van der Waals surface area contributed by atoms with Crippen molar-refractivity contribution in [2.45, 2.75) is 39.7 Å². The maximum atomic E-state index is 5.72. The van der Waals surface area contributed by atoms with Crippen LogP contribution in [0.3, 0.4) is 0 Å². The van der Waals surface area contributed by atoms with E-state index < -0.39 is 0 Å². The molecule has 0 fully saturated rings. The highest BCUT2D eigenvalue weighted by Gasteiger charge is 2.07. The van der Waals surface area contributed by atoms with Gasteiger partial charge in [-0.3, -0.25) is 0 Å². The summed E-state index contributed by atoms with van der Waals surface area (Å²) in [6.45, 7) is 6.28. The van der Waals surface area contributed by atoms with Crippen molar-refractivity contribution in [1.82, 2.24) is 9.97 Å². The standard InChI is InChI=1S/C10H16ClN3/c1-4-8(5-2)13-9-7(3)6-12-10(11)14-9/h6,8H,4-5H2,1-3H3,(H,12,13,14). The zero-order chi connectivity index (χ0) is 10.6. The van der Waals surface area contributed by atoms with E-state index in [1.54, 1.807) is 6.20 Å². The highest BCUT2D eigenvalue weighted by Crippen LogP contribution is 2.15. The van der Waals surface area contributed by atoms with Crippen molar-refractivity contribution < 1.29 is 0 Å². The molecule has 0 aliphatic heterocycles. The van der Waals surface area contributed by atoms with Crippen molar-refractivity contribution in [3.8, 4) is 0 Å². The number of hydrogen-bond donors (Lipinski definition) is 1. The van der Waals surface area contributed by atoms with Gasteiger partial charge in [-0.15, -0.1) is 0 Å². The number of hydrogen-bond acceptors (Lipinski definition) is 3. The summed E-state index contributed by atoms with van der Waals surface area (Å²) >= 11 is 5.72. The molecule has 1 N–H and O–H groups in total. The molecule has 14 heavy (non-hydrogen) atoms. The van der Waals surface area contributed by atoms with Crippen LogP contribution in [0, 0.1) is 6.92 Å². The fourth-order valence-corrected chi connectivity index (χ4v) is 1.39. The molecule has 4 heteroatoms. The molecule has 78 valence electrons. The van der Waals surface area contributed by atoms with Gasteiger partial charge >= 0.3 is 0 Å². The number of anilines is 1. The summed E-state index contributed by atoms with van der Waals surface area (Å²) in [4.78, 5) is 8.06. The van der Waals surface area contributed by atoms with Gasteiger partial charge in [0.2, 0.25) is 5.28 Å². The third-order valence-corrected chi connectivity index (χ3v) is 2.45. The first-order chi connectivity index (χ1) is 6.67. The highest BCUT2D eigenvalue weighted by molar-refractivity contribution is 6.28. The van der Waals surface area contributed by atoms with E-state index in [2.05, 4.69) is 29.1 Å². The predicted octanol–water partition coefficient (Wildman–Crippen LogP) is 3.04. The van der Waals surface area contributed by atoms with Gasteiger partial charge in [-0.05, 0) is 31.4 Å². The van der Waals surface area contributed by atoms with E-state index in [4.69, 9.17) is 11.6 Å². The van der Waals surface area contributed by atoms with Gasteiger partial charge in [-0.25, -0.2) is 9.97 Å². The topological polar surface area (TPSA) is 37.8 Å². The van der Waals surface area contributed by atoms with Gasteiger partial charge in [0.1, 0.15) is 5.82 Å². The van der Waals surface area contributed by atoms with Gasteiger partial charge < -0.3 is 5.32 Å². The van der Waals surface area contributed by atoms with Gasteiger partial charge in [0, 0.05) is 17.8 Å². The normalized spacial score (nSPS) is 10.6. The van der Waals surface area contributed by atoms with Crippen LogP contribution in [0.15, 0.2) is 6.20 Å². The van der Waals surface area contributed by atoms with Crippen molar-refractivity contribution in [3.63, 3.8) is 0 Å². The molecule has 0 bridgehead atoms. The molecular weight excluding hydrogens is 198 g/mol. The van der Waals surface area contributed by atoms with E-state index in [1.807, 2.05) is 6.92 Å². The molecule has 0 unspecified atom stereocenters. The summed E-state index contributed by atoms with van der Waals surface area (Å²) in [5.74, 6) is 0.846. The Kier molecular flexibility index (Phi) is 4.14. The van der Waals surface area contributed by atoms with Crippen LogP contribution < -0.4 is 5.32 Å². The van der Waals surface area contributed by atoms with Crippen molar-refractivity contribution in [2.24, 2.45) is 0 Å². The Hall–Kier alpha value is -0.830. The minimum absolute atomic E-state index is 0.295. The predicted molar refractivity (Wildman–Crippen MR) is 59.8 cm³/mol.